The molecule has 23 heavy (non-hydrogen) atoms. The molecule has 0 unspecified atom stereocenters. The summed E-state index contributed by atoms with van der Waals surface area (Å²) in [5.41, 5.74) is 1.67. The Balaban J connectivity index is 1.74. The van der Waals surface area contributed by atoms with Crippen molar-refractivity contribution in [2.75, 3.05) is 0 Å². The van der Waals surface area contributed by atoms with Gasteiger partial charge in [0, 0.05) is 10.4 Å². The first-order valence-electron chi connectivity index (χ1n) is 8.75. The first kappa shape index (κ1) is 15.5. The Labute approximate surface area is 143 Å². The molecule has 0 spiro atoms. The van der Waals surface area contributed by atoms with E-state index in [1.807, 2.05) is 25.1 Å². The summed E-state index contributed by atoms with van der Waals surface area (Å²) >= 11 is 6.37. The smallest absolute Gasteiger partial charge is 0.115 e. The largest absolute Gasteiger partial charge is 0.508 e. The lowest BCUT2D eigenvalue weighted by molar-refractivity contribution is -0.114. The van der Waals surface area contributed by atoms with Crippen LogP contribution in [0.15, 0.2) is 29.3 Å². The summed E-state index contributed by atoms with van der Waals surface area (Å²) in [5, 5.41) is 21.5. The third kappa shape index (κ3) is 2.04. The Morgan fingerprint density at radius 2 is 2.00 bits per heavy atom. The lowest BCUT2D eigenvalue weighted by Crippen LogP contribution is -2.56. The molecule has 124 valence electrons. The third-order valence-corrected chi connectivity index (χ3v) is 7.75. The maximum Gasteiger partial charge on any atom is 0.115 e. The highest BCUT2D eigenvalue weighted by molar-refractivity contribution is 6.30. The number of hydrogen-bond donors (Lipinski definition) is 2. The van der Waals surface area contributed by atoms with E-state index in [1.54, 1.807) is 0 Å². The molecule has 2 N–H and O–H groups in total. The number of phenols is 1. The average Bonchev–Trinajstić information content (AvgIpc) is 2.51. The number of hydrogen-bond acceptors (Lipinski definition) is 2. The summed E-state index contributed by atoms with van der Waals surface area (Å²) in [7, 11) is 0. The number of aliphatic hydroxyl groups is 1. The lowest BCUT2D eigenvalue weighted by Gasteiger charge is -2.58. The fraction of sp³-hybridized carbons (Fsp3) is 0.600. The average molecular weight is 333 g/mol. The van der Waals surface area contributed by atoms with Crippen LogP contribution in [-0.2, 0) is 6.42 Å². The van der Waals surface area contributed by atoms with Gasteiger partial charge in [-0.3, -0.25) is 0 Å². The molecule has 1 aromatic rings. The molecular formula is C20H25ClO2. The summed E-state index contributed by atoms with van der Waals surface area (Å²) in [6.07, 6.45) is 7.27. The summed E-state index contributed by atoms with van der Waals surface area (Å²) in [6.45, 7) is 4.13. The van der Waals surface area contributed by atoms with E-state index >= 15 is 0 Å². The Kier molecular flexibility index (Phi) is 3.38. The van der Waals surface area contributed by atoms with E-state index in [2.05, 4.69) is 13.0 Å². The van der Waals surface area contributed by atoms with Crippen molar-refractivity contribution in [3.63, 3.8) is 0 Å². The molecule has 0 aromatic heterocycles. The van der Waals surface area contributed by atoms with Crippen LogP contribution in [0.25, 0.3) is 0 Å². The SMILES string of the molecule is C[C@]1(O)C(Cl)=CC[C@H]2[C@@H]3CCc4cc(O)ccc4[C@H]3CC[C@@]21C. The molecule has 3 aliphatic carbocycles. The normalized spacial score (nSPS) is 42.3. The first-order valence-corrected chi connectivity index (χ1v) is 9.12. The van der Waals surface area contributed by atoms with E-state index in [0.29, 0.717) is 28.5 Å². The predicted octanol–water partition coefficient (Wildman–Crippen LogP) is 4.73. The molecule has 0 aliphatic heterocycles. The lowest BCUT2D eigenvalue weighted by atomic mass is 9.48. The van der Waals surface area contributed by atoms with Gasteiger partial charge in [-0.05, 0) is 80.0 Å². The van der Waals surface area contributed by atoms with E-state index in [-0.39, 0.29) is 5.41 Å². The molecule has 4 rings (SSSR count). The Morgan fingerprint density at radius 1 is 1.22 bits per heavy atom. The molecule has 0 saturated heterocycles. The second-order valence-corrected chi connectivity index (χ2v) is 8.52. The fourth-order valence-corrected chi connectivity index (χ4v) is 5.94. The second kappa shape index (κ2) is 5.00. The van der Waals surface area contributed by atoms with Gasteiger partial charge >= 0.3 is 0 Å². The molecule has 0 bridgehead atoms. The van der Waals surface area contributed by atoms with Crippen molar-refractivity contribution in [3.8, 4) is 5.75 Å². The number of rotatable bonds is 0. The standard InChI is InChI=1S/C20H25ClO2/c1-19-10-9-15-14-6-4-13(22)11-12(14)3-5-16(15)17(19)7-8-18(21)20(19,2)23/h4,6,8,11,15-17,22-23H,3,5,7,9-10H2,1-2H3/t15-,16-,17+,19+,20+/m1/s1. The van der Waals surface area contributed by atoms with Crippen molar-refractivity contribution >= 4 is 11.6 Å². The predicted molar refractivity (Wildman–Crippen MR) is 92.7 cm³/mol. The van der Waals surface area contributed by atoms with Gasteiger partial charge in [0.15, 0.2) is 0 Å². The minimum atomic E-state index is -0.919. The highest BCUT2D eigenvalue weighted by atomic mass is 35.5. The van der Waals surface area contributed by atoms with Crippen LogP contribution >= 0.6 is 11.6 Å². The zero-order chi connectivity index (χ0) is 16.4. The van der Waals surface area contributed by atoms with Gasteiger partial charge in [-0.2, -0.15) is 0 Å². The highest BCUT2D eigenvalue weighted by Gasteiger charge is 2.58. The van der Waals surface area contributed by atoms with E-state index in [9.17, 15) is 10.2 Å². The third-order valence-electron chi connectivity index (χ3n) is 7.23. The van der Waals surface area contributed by atoms with Crippen LogP contribution in [0.1, 0.15) is 56.6 Å². The second-order valence-electron chi connectivity index (χ2n) is 8.11. The molecule has 1 aromatic carbocycles. The molecule has 0 radical (unpaired) electrons. The van der Waals surface area contributed by atoms with Gasteiger partial charge in [0.05, 0.1) is 0 Å². The molecule has 1 fully saturated rings. The Hall–Kier alpha value is -0.990. The monoisotopic (exact) mass is 332 g/mol. The van der Waals surface area contributed by atoms with Crippen molar-refractivity contribution in [3.05, 3.63) is 40.4 Å². The van der Waals surface area contributed by atoms with Crippen LogP contribution in [0.3, 0.4) is 0 Å². The number of fused-ring (bicyclic) bond motifs is 5. The van der Waals surface area contributed by atoms with Crippen LogP contribution in [0.4, 0.5) is 0 Å². The molecular weight excluding hydrogens is 308 g/mol. The van der Waals surface area contributed by atoms with Crippen LogP contribution in [0, 0.1) is 17.3 Å². The molecule has 3 heteroatoms. The fourth-order valence-electron chi connectivity index (χ4n) is 5.63. The molecule has 5 atom stereocenters. The molecule has 1 saturated carbocycles. The Bertz CT molecular complexity index is 678. The van der Waals surface area contributed by atoms with Crippen LogP contribution < -0.4 is 0 Å². The van der Waals surface area contributed by atoms with Gasteiger partial charge in [0.2, 0.25) is 0 Å². The van der Waals surface area contributed by atoms with E-state index in [1.165, 1.54) is 11.1 Å². The molecule has 0 amide bonds. The van der Waals surface area contributed by atoms with Crippen molar-refractivity contribution < 1.29 is 10.2 Å². The Morgan fingerprint density at radius 3 is 2.78 bits per heavy atom. The highest BCUT2D eigenvalue weighted by Crippen LogP contribution is 2.62. The van der Waals surface area contributed by atoms with E-state index in [0.717, 1.165) is 32.1 Å². The van der Waals surface area contributed by atoms with Crippen molar-refractivity contribution in [1.29, 1.82) is 0 Å². The summed E-state index contributed by atoms with van der Waals surface area (Å²) in [4.78, 5) is 0. The summed E-state index contributed by atoms with van der Waals surface area (Å²) in [5.74, 6) is 2.00. The summed E-state index contributed by atoms with van der Waals surface area (Å²) in [6, 6.07) is 5.88. The van der Waals surface area contributed by atoms with E-state index in [4.69, 9.17) is 11.6 Å². The quantitative estimate of drug-likeness (QED) is 0.721. The summed E-state index contributed by atoms with van der Waals surface area (Å²) < 4.78 is 0. The first-order chi connectivity index (χ1) is 10.8. The number of aromatic hydroxyl groups is 1. The number of halogens is 1. The maximum atomic E-state index is 11.1. The van der Waals surface area contributed by atoms with Gasteiger partial charge in [-0.1, -0.05) is 30.7 Å². The van der Waals surface area contributed by atoms with E-state index < -0.39 is 5.60 Å². The minimum absolute atomic E-state index is 0.144. The van der Waals surface area contributed by atoms with Gasteiger partial charge in [-0.25, -0.2) is 0 Å². The molecule has 2 nitrogen and oxygen atoms in total. The van der Waals surface area contributed by atoms with Crippen molar-refractivity contribution in [1.82, 2.24) is 0 Å². The van der Waals surface area contributed by atoms with Gasteiger partial charge < -0.3 is 10.2 Å². The van der Waals surface area contributed by atoms with Gasteiger partial charge in [-0.15, -0.1) is 0 Å². The van der Waals surface area contributed by atoms with Crippen LogP contribution in [-0.4, -0.2) is 15.8 Å². The minimum Gasteiger partial charge on any atom is -0.508 e. The number of allylic oxidation sites excluding steroid dienone is 1. The molecule has 3 aliphatic rings. The zero-order valence-corrected chi connectivity index (χ0v) is 14.6. The van der Waals surface area contributed by atoms with Crippen molar-refractivity contribution in [2.24, 2.45) is 17.3 Å². The topological polar surface area (TPSA) is 40.5 Å². The zero-order valence-electron chi connectivity index (χ0n) is 13.8. The van der Waals surface area contributed by atoms with Gasteiger partial charge in [0.1, 0.15) is 11.4 Å². The maximum absolute atomic E-state index is 11.1. The number of benzene rings is 1. The van der Waals surface area contributed by atoms with Crippen molar-refractivity contribution in [2.45, 2.75) is 57.5 Å². The van der Waals surface area contributed by atoms with Crippen LogP contribution in [0.2, 0.25) is 0 Å². The molecule has 0 heterocycles. The number of phenolic OH excluding ortho intramolecular Hbond substituents is 1. The number of aryl methyl sites for hydroxylation is 1. The van der Waals surface area contributed by atoms with Crippen LogP contribution in [0.5, 0.6) is 5.75 Å². The van der Waals surface area contributed by atoms with Gasteiger partial charge in [0.25, 0.3) is 0 Å².